The van der Waals surface area contributed by atoms with Crippen LogP contribution in [-0.4, -0.2) is 43.4 Å². The van der Waals surface area contributed by atoms with Crippen molar-refractivity contribution in [1.29, 1.82) is 0 Å². The van der Waals surface area contributed by atoms with Gasteiger partial charge in [0.15, 0.2) is 0 Å². The van der Waals surface area contributed by atoms with Gasteiger partial charge in [0.05, 0.1) is 12.6 Å². The lowest BCUT2D eigenvalue weighted by Crippen LogP contribution is -2.48. The van der Waals surface area contributed by atoms with E-state index < -0.39 is 17.9 Å². The molecule has 17 heavy (non-hydrogen) atoms. The third-order valence-corrected chi connectivity index (χ3v) is 2.06. The molecule has 0 radical (unpaired) electrons. The maximum absolute atomic E-state index is 11.2. The Kier molecular flexibility index (Phi) is 8.11. The molecule has 1 unspecified atom stereocenters. The molecule has 0 aromatic carbocycles. The fourth-order valence-electron chi connectivity index (χ4n) is 0.839. The van der Waals surface area contributed by atoms with Crippen molar-refractivity contribution in [3.63, 3.8) is 0 Å². The van der Waals surface area contributed by atoms with Crippen molar-refractivity contribution in [2.24, 2.45) is 11.5 Å². The molecule has 0 aliphatic heterocycles. The summed E-state index contributed by atoms with van der Waals surface area (Å²) in [5.41, 5.74) is 10.5. The molecule has 0 fully saturated rings. The number of thiol groups is 1. The molecule has 0 aliphatic rings. The Balaban J connectivity index is 3.66. The van der Waals surface area contributed by atoms with Crippen LogP contribution in [0.25, 0.3) is 0 Å². The van der Waals surface area contributed by atoms with E-state index in [1.165, 1.54) is 0 Å². The quantitative estimate of drug-likeness (QED) is 0.269. The highest BCUT2D eigenvalue weighted by Crippen LogP contribution is 1.79. The molecule has 0 heterocycles. The zero-order valence-corrected chi connectivity index (χ0v) is 10.1. The molecular formula is C8H17N5O3S. The molecule has 1 atom stereocenters. The zero-order chi connectivity index (χ0) is 13.3. The van der Waals surface area contributed by atoms with Gasteiger partial charge in [-0.25, -0.2) is 0 Å². The zero-order valence-electron chi connectivity index (χ0n) is 9.23. The third-order valence-electron chi connectivity index (χ3n) is 1.81. The lowest BCUT2D eigenvalue weighted by molar-refractivity contribution is -0.126. The Morgan fingerprint density at radius 2 is 1.82 bits per heavy atom. The average molecular weight is 263 g/mol. The van der Waals surface area contributed by atoms with Gasteiger partial charge in [-0.05, 0) is 0 Å². The minimum Gasteiger partial charge on any atom is -0.354 e. The standard InChI is InChI=1S/C8H17N5O3S/c9-3-5(10)8(16)12-4-7(15)11-2-1-6(14)13-17/h5,17H,1-4,9-10H2,(H,11,15)(H,12,16)(H,13,14). The molecule has 8 nitrogen and oxygen atoms in total. The van der Waals surface area contributed by atoms with Gasteiger partial charge >= 0.3 is 0 Å². The van der Waals surface area contributed by atoms with Gasteiger partial charge in [0.25, 0.3) is 0 Å². The minimum absolute atomic E-state index is 0.00949. The SMILES string of the molecule is NCC(N)C(=O)NCC(=O)NCCC(=O)NS. The predicted octanol–water partition coefficient (Wildman–Crippen LogP) is -3.14. The smallest absolute Gasteiger partial charge is 0.239 e. The van der Waals surface area contributed by atoms with E-state index >= 15 is 0 Å². The number of hydrogen-bond acceptors (Lipinski definition) is 6. The minimum atomic E-state index is -0.822. The summed E-state index contributed by atoms with van der Waals surface area (Å²) in [4.78, 5) is 33.1. The maximum Gasteiger partial charge on any atom is 0.239 e. The summed E-state index contributed by atoms with van der Waals surface area (Å²) >= 11 is 3.55. The van der Waals surface area contributed by atoms with E-state index in [4.69, 9.17) is 11.5 Å². The number of nitrogens with one attached hydrogen (secondary N) is 3. The highest BCUT2D eigenvalue weighted by molar-refractivity contribution is 7.78. The van der Waals surface area contributed by atoms with Gasteiger partial charge in [-0.1, -0.05) is 12.8 Å². The second-order valence-electron chi connectivity index (χ2n) is 3.19. The number of nitrogens with two attached hydrogens (primary N) is 2. The van der Waals surface area contributed by atoms with E-state index in [-0.39, 0.29) is 32.0 Å². The van der Waals surface area contributed by atoms with Crippen molar-refractivity contribution in [3.8, 4) is 0 Å². The van der Waals surface area contributed by atoms with E-state index in [9.17, 15) is 14.4 Å². The van der Waals surface area contributed by atoms with Crippen LogP contribution in [0, 0.1) is 0 Å². The van der Waals surface area contributed by atoms with Crippen LogP contribution in [0.15, 0.2) is 0 Å². The van der Waals surface area contributed by atoms with Crippen molar-refractivity contribution in [3.05, 3.63) is 0 Å². The van der Waals surface area contributed by atoms with Gasteiger partial charge in [0.2, 0.25) is 17.7 Å². The lowest BCUT2D eigenvalue weighted by atomic mass is 10.3. The molecule has 0 aliphatic carbocycles. The Morgan fingerprint density at radius 1 is 1.18 bits per heavy atom. The van der Waals surface area contributed by atoms with Crippen molar-refractivity contribution >= 4 is 30.5 Å². The molecule has 0 saturated heterocycles. The number of rotatable bonds is 7. The average Bonchev–Trinajstić information content (AvgIpc) is 2.34. The fourth-order valence-corrected chi connectivity index (χ4v) is 0.951. The van der Waals surface area contributed by atoms with E-state index in [1.807, 2.05) is 0 Å². The maximum atomic E-state index is 11.2. The van der Waals surface area contributed by atoms with Crippen molar-refractivity contribution < 1.29 is 14.4 Å². The topological polar surface area (TPSA) is 139 Å². The molecule has 0 aromatic heterocycles. The summed E-state index contributed by atoms with van der Waals surface area (Å²) in [6, 6.07) is -0.822. The predicted molar refractivity (Wildman–Crippen MR) is 64.8 cm³/mol. The number of carbonyl (C=O) groups excluding carboxylic acids is 3. The Bertz CT molecular complexity index is 286. The largest absolute Gasteiger partial charge is 0.354 e. The summed E-state index contributed by atoms with van der Waals surface area (Å²) in [6.45, 7) is -0.0192. The van der Waals surface area contributed by atoms with Crippen LogP contribution in [-0.2, 0) is 14.4 Å². The summed E-state index contributed by atoms with van der Waals surface area (Å²) in [5, 5.41) is 4.75. The molecule has 7 N–H and O–H groups in total. The first kappa shape index (κ1) is 15.7. The molecule has 0 spiro atoms. The highest BCUT2D eigenvalue weighted by Gasteiger charge is 2.12. The first-order chi connectivity index (χ1) is 8.01. The molecule has 0 rings (SSSR count). The number of carbonyl (C=O) groups is 3. The number of amides is 3. The molecule has 3 amide bonds. The Labute approximate surface area is 104 Å². The molecule has 0 bridgehead atoms. The van der Waals surface area contributed by atoms with Gasteiger partial charge in [0, 0.05) is 19.5 Å². The van der Waals surface area contributed by atoms with E-state index in [0.29, 0.717) is 0 Å². The van der Waals surface area contributed by atoms with Crippen molar-refractivity contribution in [2.75, 3.05) is 19.6 Å². The van der Waals surface area contributed by atoms with Crippen LogP contribution in [0.4, 0.5) is 0 Å². The van der Waals surface area contributed by atoms with Gasteiger partial charge < -0.3 is 26.8 Å². The van der Waals surface area contributed by atoms with E-state index in [1.54, 1.807) is 0 Å². The second kappa shape index (κ2) is 8.79. The van der Waals surface area contributed by atoms with E-state index in [0.717, 1.165) is 0 Å². The summed E-state index contributed by atoms with van der Waals surface area (Å²) in [7, 11) is 0. The molecule has 0 saturated carbocycles. The van der Waals surface area contributed by atoms with Gasteiger partial charge in [-0.2, -0.15) is 0 Å². The number of hydrogen-bond donors (Lipinski definition) is 6. The van der Waals surface area contributed by atoms with Crippen molar-refractivity contribution in [1.82, 2.24) is 15.4 Å². The first-order valence-corrected chi connectivity index (χ1v) is 5.39. The summed E-state index contributed by atoms with van der Waals surface area (Å²) < 4.78 is 2.12. The fraction of sp³-hybridized carbons (Fsp3) is 0.625. The third kappa shape index (κ3) is 7.55. The van der Waals surface area contributed by atoms with Gasteiger partial charge in [-0.15, -0.1) is 0 Å². The van der Waals surface area contributed by atoms with Crippen LogP contribution >= 0.6 is 12.8 Å². The van der Waals surface area contributed by atoms with E-state index in [2.05, 4.69) is 28.2 Å². The van der Waals surface area contributed by atoms with Gasteiger partial charge in [-0.3, -0.25) is 14.4 Å². The first-order valence-electron chi connectivity index (χ1n) is 4.94. The molecule has 98 valence electrons. The lowest BCUT2D eigenvalue weighted by Gasteiger charge is -2.09. The molecular weight excluding hydrogens is 246 g/mol. The Morgan fingerprint density at radius 3 is 2.35 bits per heavy atom. The summed E-state index contributed by atoms with van der Waals surface area (Å²) in [6.07, 6.45) is 0.117. The summed E-state index contributed by atoms with van der Waals surface area (Å²) in [5.74, 6) is -1.20. The monoisotopic (exact) mass is 263 g/mol. The second-order valence-corrected chi connectivity index (χ2v) is 3.42. The molecule has 9 heteroatoms. The van der Waals surface area contributed by atoms with Crippen LogP contribution in [0.5, 0.6) is 0 Å². The van der Waals surface area contributed by atoms with Crippen LogP contribution in [0.1, 0.15) is 6.42 Å². The van der Waals surface area contributed by atoms with Crippen molar-refractivity contribution in [2.45, 2.75) is 12.5 Å². The van der Waals surface area contributed by atoms with Crippen LogP contribution in [0.2, 0.25) is 0 Å². The molecule has 0 aromatic rings. The highest BCUT2D eigenvalue weighted by atomic mass is 32.1. The van der Waals surface area contributed by atoms with Gasteiger partial charge in [0.1, 0.15) is 0 Å². The Hall–Kier alpha value is -1.32. The normalized spacial score (nSPS) is 11.5. The van der Waals surface area contributed by atoms with Crippen LogP contribution in [0.3, 0.4) is 0 Å². The van der Waals surface area contributed by atoms with Crippen LogP contribution < -0.4 is 26.8 Å².